The molecule has 2 aliphatic rings. The molecule has 174 valence electrons. The van der Waals surface area contributed by atoms with Crippen molar-refractivity contribution in [1.29, 1.82) is 0 Å². The Morgan fingerprint density at radius 3 is 2.10 bits per heavy atom. The van der Waals surface area contributed by atoms with Gasteiger partial charge >= 0.3 is 18.2 Å². The van der Waals surface area contributed by atoms with E-state index in [0.29, 0.717) is 12.5 Å². The Kier molecular flexibility index (Phi) is 9.61. The fraction of sp³-hybridized carbons (Fsp3) is 0.636. The Bertz CT molecular complexity index is 694. The van der Waals surface area contributed by atoms with E-state index in [0.717, 1.165) is 24.9 Å². The van der Waals surface area contributed by atoms with E-state index in [-0.39, 0.29) is 6.04 Å². The van der Waals surface area contributed by atoms with Crippen molar-refractivity contribution >= 4 is 12.1 Å². The van der Waals surface area contributed by atoms with Crippen LogP contribution in [0.4, 0.5) is 18.0 Å². The van der Waals surface area contributed by atoms with Crippen LogP contribution in [0.5, 0.6) is 0 Å². The summed E-state index contributed by atoms with van der Waals surface area (Å²) in [4.78, 5) is 25.1. The number of aliphatic carboxylic acids is 1. The second-order valence-electron chi connectivity index (χ2n) is 8.17. The molecule has 6 nitrogen and oxygen atoms in total. The van der Waals surface area contributed by atoms with Gasteiger partial charge in [0, 0.05) is 19.1 Å². The second kappa shape index (κ2) is 11.9. The Morgan fingerprint density at radius 2 is 1.55 bits per heavy atom. The van der Waals surface area contributed by atoms with Crippen LogP contribution in [0.3, 0.4) is 0 Å². The summed E-state index contributed by atoms with van der Waals surface area (Å²) in [6.45, 7) is 3.96. The van der Waals surface area contributed by atoms with E-state index in [1.807, 2.05) is 30.3 Å². The van der Waals surface area contributed by atoms with Gasteiger partial charge in [0.1, 0.15) is 0 Å². The molecule has 2 atom stereocenters. The number of amides is 1. The van der Waals surface area contributed by atoms with Crippen LogP contribution in [-0.4, -0.2) is 63.9 Å². The number of nitrogens with zero attached hydrogens (tertiary/aromatic N) is 2. The number of hydrogen-bond acceptors (Lipinski definition) is 3. The molecule has 1 aliphatic heterocycles. The fourth-order valence-electron chi connectivity index (χ4n) is 4.39. The van der Waals surface area contributed by atoms with Crippen LogP contribution < -0.4 is 0 Å². The molecule has 9 heteroatoms. The molecule has 3 rings (SSSR count). The zero-order chi connectivity index (χ0) is 22.9. The van der Waals surface area contributed by atoms with Gasteiger partial charge in [-0.3, -0.25) is 0 Å². The molecule has 0 radical (unpaired) electrons. The highest BCUT2D eigenvalue weighted by atomic mass is 19.4. The molecule has 1 amide bonds. The Hall–Kier alpha value is -2.29. The lowest BCUT2D eigenvalue weighted by atomic mass is 9.82. The standard InChI is InChI=1S/C20H30N2O2.C2HF3O2/c23-20(24)22(15-17-9-3-1-4-10-17)19-12-6-5-11-18(19)16-21-13-7-2-8-14-21;3-2(4,5)1(6)7/h1,3-4,9-10,18-19H,2,5-8,11-16H2,(H,23,24);(H,6,7)/t18-,19+;/m0./s1. The van der Waals surface area contributed by atoms with Crippen LogP contribution in [-0.2, 0) is 11.3 Å². The summed E-state index contributed by atoms with van der Waals surface area (Å²) in [5.74, 6) is -2.27. The maximum Gasteiger partial charge on any atom is 0.490 e. The summed E-state index contributed by atoms with van der Waals surface area (Å²) in [6, 6.07) is 10.2. The Morgan fingerprint density at radius 1 is 0.968 bits per heavy atom. The number of halogens is 3. The molecule has 1 aromatic rings. The minimum Gasteiger partial charge on any atom is -0.475 e. The van der Waals surface area contributed by atoms with E-state index in [4.69, 9.17) is 9.90 Å². The van der Waals surface area contributed by atoms with E-state index in [1.54, 1.807) is 4.90 Å². The second-order valence-corrected chi connectivity index (χ2v) is 8.17. The highest BCUT2D eigenvalue weighted by molar-refractivity contribution is 5.73. The van der Waals surface area contributed by atoms with Gasteiger partial charge in [-0.2, -0.15) is 13.2 Å². The van der Waals surface area contributed by atoms with Crippen molar-refractivity contribution in [2.75, 3.05) is 19.6 Å². The third-order valence-electron chi connectivity index (χ3n) is 5.89. The third kappa shape index (κ3) is 8.40. The monoisotopic (exact) mass is 444 g/mol. The average molecular weight is 444 g/mol. The van der Waals surface area contributed by atoms with Crippen molar-refractivity contribution in [3.8, 4) is 0 Å². The molecule has 0 aromatic heterocycles. The van der Waals surface area contributed by atoms with Crippen LogP contribution in [0.2, 0.25) is 0 Å². The van der Waals surface area contributed by atoms with Crippen molar-refractivity contribution < 1.29 is 33.0 Å². The average Bonchev–Trinajstić information content (AvgIpc) is 2.74. The molecule has 31 heavy (non-hydrogen) atoms. The van der Waals surface area contributed by atoms with Crippen molar-refractivity contribution in [2.24, 2.45) is 5.92 Å². The molecule has 2 fully saturated rings. The molecule has 1 aromatic carbocycles. The van der Waals surface area contributed by atoms with E-state index in [1.165, 1.54) is 45.2 Å². The summed E-state index contributed by atoms with van der Waals surface area (Å²) in [6.07, 6.45) is 2.66. The molecule has 0 unspecified atom stereocenters. The van der Waals surface area contributed by atoms with Crippen molar-refractivity contribution in [2.45, 2.75) is 63.7 Å². The van der Waals surface area contributed by atoms with Gasteiger partial charge in [0.05, 0.1) is 0 Å². The molecule has 2 N–H and O–H groups in total. The number of benzene rings is 1. The van der Waals surface area contributed by atoms with Crippen LogP contribution >= 0.6 is 0 Å². The summed E-state index contributed by atoms with van der Waals surface area (Å²) in [5, 5.41) is 16.9. The predicted molar refractivity (Wildman–Crippen MR) is 110 cm³/mol. The van der Waals surface area contributed by atoms with Crippen LogP contribution in [0.25, 0.3) is 0 Å². The highest BCUT2D eigenvalue weighted by Crippen LogP contribution is 2.31. The quantitative estimate of drug-likeness (QED) is 0.679. The van der Waals surface area contributed by atoms with Gasteiger partial charge in [-0.15, -0.1) is 0 Å². The summed E-state index contributed by atoms with van der Waals surface area (Å²) < 4.78 is 31.7. The number of carboxylic acid groups (broad SMARTS) is 2. The zero-order valence-corrected chi connectivity index (χ0v) is 17.6. The minimum atomic E-state index is -5.08. The predicted octanol–water partition coefficient (Wildman–Crippen LogP) is 4.84. The minimum absolute atomic E-state index is 0.165. The lowest BCUT2D eigenvalue weighted by Crippen LogP contribution is -2.49. The molecular formula is C22H31F3N2O4. The van der Waals surface area contributed by atoms with Crippen LogP contribution in [0, 0.1) is 5.92 Å². The van der Waals surface area contributed by atoms with Crippen LogP contribution in [0.1, 0.15) is 50.5 Å². The lowest BCUT2D eigenvalue weighted by molar-refractivity contribution is -0.192. The number of carbonyl (C=O) groups is 2. The third-order valence-corrected chi connectivity index (χ3v) is 5.89. The molecule has 1 heterocycles. The summed E-state index contributed by atoms with van der Waals surface area (Å²) in [5.41, 5.74) is 1.09. The first-order valence-electron chi connectivity index (χ1n) is 10.7. The van der Waals surface area contributed by atoms with E-state index >= 15 is 0 Å². The van der Waals surface area contributed by atoms with Gasteiger partial charge in [-0.1, -0.05) is 49.6 Å². The first kappa shape index (κ1) is 25.0. The van der Waals surface area contributed by atoms with Gasteiger partial charge in [-0.05, 0) is 50.3 Å². The van der Waals surface area contributed by atoms with Crippen molar-refractivity contribution in [3.63, 3.8) is 0 Å². The Labute approximate surface area is 180 Å². The highest BCUT2D eigenvalue weighted by Gasteiger charge is 2.38. The Balaban J connectivity index is 0.000000423. The number of hydrogen-bond donors (Lipinski definition) is 2. The first-order valence-corrected chi connectivity index (χ1v) is 10.7. The lowest BCUT2D eigenvalue weighted by Gasteiger charge is -2.41. The van der Waals surface area contributed by atoms with Crippen molar-refractivity contribution in [1.82, 2.24) is 9.80 Å². The maximum absolute atomic E-state index is 12.0. The van der Waals surface area contributed by atoms with Gasteiger partial charge in [0.25, 0.3) is 0 Å². The zero-order valence-electron chi connectivity index (χ0n) is 17.6. The number of alkyl halides is 3. The fourth-order valence-corrected chi connectivity index (χ4v) is 4.39. The SMILES string of the molecule is O=C(O)C(F)(F)F.O=C(O)N(Cc1ccccc1)[C@@H]1CCCC[C@H]1CN1CCCCC1. The van der Waals surface area contributed by atoms with E-state index < -0.39 is 18.2 Å². The van der Waals surface area contributed by atoms with Gasteiger partial charge in [-0.25, -0.2) is 9.59 Å². The molecule has 0 bridgehead atoms. The van der Waals surface area contributed by atoms with Gasteiger partial charge in [0.2, 0.25) is 0 Å². The maximum atomic E-state index is 12.0. The molecule has 1 saturated heterocycles. The number of rotatable bonds is 5. The van der Waals surface area contributed by atoms with Gasteiger partial charge < -0.3 is 20.0 Å². The normalized spacial score (nSPS) is 22.2. The molecular weight excluding hydrogens is 413 g/mol. The largest absolute Gasteiger partial charge is 0.490 e. The smallest absolute Gasteiger partial charge is 0.475 e. The summed E-state index contributed by atoms with van der Waals surface area (Å²) >= 11 is 0. The number of piperidine rings is 1. The first-order chi connectivity index (χ1) is 14.7. The summed E-state index contributed by atoms with van der Waals surface area (Å²) in [7, 11) is 0. The topological polar surface area (TPSA) is 81.1 Å². The molecule has 1 saturated carbocycles. The molecule has 1 aliphatic carbocycles. The molecule has 0 spiro atoms. The van der Waals surface area contributed by atoms with E-state index in [9.17, 15) is 23.1 Å². The number of likely N-dealkylation sites (tertiary alicyclic amines) is 1. The van der Waals surface area contributed by atoms with Crippen molar-refractivity contribution in [3.05, 3.63) is 35.9 Å². The van der Waals surface area contributed by atoms with E-state index in [2.05, 4.69) is 4.90 Å². The number of carboxylic acids is 1. The van der Waals surface area contributed by atoms with Crippen LogP contribution in [0.15, 0.2) is 30.3 Å². The van der Waals surface area contributed by atoms with Gasteiger partial charge in [0.15, 0.2) is 0 Å².